The van der Waals surface area contributed by atoms with E-state index in [1.807, 2.05) is 24.3 Å². The number of unbranched alkanes of at least 4 members (excludes halogenated alkanes) is 3. The molecule has 57 heavy (non-hydrogen) atoms. The van der Waals surface area contributed by atoms with E-state index in [2.05, 4.69) is 123 Å². The number of fused-ring (bicyclic) bond motifs is 2. The van der Waals surface area contributed by atoms with Gasteiger partial charge in [0.25, 0.3) is 16.6 Å². The number of hydrogen-bond donors (Lipinski definition) is 2. The monoisotopic (exact) mass is 792 g/mol. The van der Waals surface area contributed by atoms with E-state index in [0.717, 1.165) is 59.1 Å². The van der Waals surface area contributed by atoms with E-state index in [9.17, 15) is 17.8 Å². The van der Waals surface area contributed by atoms with Gasteiger partial charge < -0.3 is 19.7 Å². The van der Waals surface area contributed by atoms with Crippen molar-refractivity contribution in [2.45, 2.75) is 90.9 Å². The summed E-state index contributed by atoms with van der Waals surface area (Å²) in [6.07, 6.45) is 13.7. The molecule has 3 aliphatic rings. The van der Waals surface area contributed by atoms with Crippen LogP contribution in [0.4, 0.5) is 17.1 Å². The highest BCUT2D eigenvalue weighted by atomic mass is 32.2. The van der Waals surface area contributed by atoms with Crippen molar-refractivity contribution in [3.8, 4) is 0 Å². The first-order valence-electron chi connectivity index (χ1n) is 20.2. The number of rotatable bonds is 18. The minimum absolute atomic E-state index is 0.175. The lowest BCUT2D eigenvalue weighted by Gasteiger charge is -2.27. The number of ether oxygens (including phenoxy) is 2. The quantitative estimate of drug-likeness (QED) is 0.0568. The summed E-state index contributed by atoms with van der Waals surface area (Å²) in [7, 11) is -4.03. The fourth-order valence-corrected chi connectivity index (χ4v) is 8.88. The van der Waals surface area contributed by atoms with Crippen LogP contribution in [0.5, 0.6) is 0 Å². The molecule has 302 valence electrons. The molecule has 0 aromatic heterocycles. The first-order valence-corrected chi connectivity index (χ1v) is 21.8. The summed E-state index contributed by atoms with van der Waals surface area (Å²) in [5, 5.41) is 3.69. The molecular weight excluding hydrogens is 735 g/mol. The number of aryl methyl sites for hydroxylation is 1. The van der Waals surface area contributed by atoms with Crippen LogP contribution >= 0.6 is 0 Å². The Morgan fingerprint density at radius 2 is 1.70 bits per heavy atom. The fraction of sp³-hybridized carbons (Fsp3) is 0.404. The normalized spacial score (nSPS) is 18.5. The third kappa shape index (κ3) is 9.45. The largest absolute Gasteiger partial charge is 0.487 e. The Balaban J connectivity index is 1.39. The Bertz CT molecular complexity index is 2230. The fourth-order valence-electron chi connectivity index (χ4n) is 8.31. The van der Waals surface area contributed by atoms with Gasteiger partial charge in [-0.15, -0.1) is 0 Å². The second kappa shape index (κ2) is 17.7. The van der Waals surface area contributed by atoms with Crippen molar-refractivity contribution in [1.29, 1.82) is 0 Å². The summed E-state index contributed by atoms with van der Waals surface area (Å²) in [5.41, 5.74) is 11.8. The average Bonchev–Trinajstić information content (AvgIpc) is 3.72. The first kappa shape index (κ1) is 41.7. The summed E-state index contributed by atoms with van der Waals surface area (Å²) in [4.78, 5) is 12.9. The van der Waals surface area contributed by atoms with Crippen molar-refractivity contribution in [3.05, 3.63) is 136 Å². The minimum Gasteiger partial charge on any atom is -0.487 e. The Labute approximate surface area is 339 Å². The number of benzene rings is 3. The van der Waals surface area contributed by atoms with Gasteiger partial charge in [0.05, 0.1) is 23.5 Å². The van der Waals surface area contributed by atoms with E-state index in [1.165, 1.54) is 34.5 Å². The van der Waals surface area contributed by atoms with Crippen LogP contribution in [0.1, 0.15) is 89.0 Å². The topological polar surface area (TPSA) is 108 Å². The van der Waals surface area contributed by atoms with Crippen molar-refractivity contribution in [2.75, 3.05) is 42.3 Å². The standard InChI is InChI=1S/C47H57N3O6S/c1-7-8-11-27-49-40-15-10-9-14-38(40)46(3,4)43(49)24-19-36-32-56-42(45(36)48-37-20-17-35(18-21-37)26-29-55-33-51)23-25-44-47(5,6)39-31-34(2)16-22-41(39)50(44)28-12-13-30-57(52,53)54/h9-10,14-25,31,33H,7-8,11-13,26-30,32H2,1-6H3,(H,52,53,54)/p+1/b42-23-,44-25+. The second-order valence-corrected chi connectivity index (χ2v) is 17.9. The third-order valence-corrected chi connectivity index (χ3v) is 12.3. The van der Waals surface area contributed by atoms with Gasteiger partial charge in [0.15, 0.2) is 5.71 Å². The zero-order valence-corrected chi connectivity index (χ0v) is 35.1. The van der Waals surface area contributed by atoms with Gasteiger partial charge in [-0.2, -0.15) is 13.0 Å². The van der Waals surface area contributed by atoms with Crippen LogP contribution in [0.25, 0.3) is 0 Å². The molecule has 3 aliphatic heterocycles. The molecule has 0 radical (unpaired) electrons. The van der Waals surface area contributed by atoms with E-state index in [1.54, 1.807) is 0 Å². The Morgan fingerprint density at radius 3 is 2.44 bits per heavy atom. The molecule has 2 N–H and O–H groups in total. The highest BCUT2D eigenvalue weighted by Crippen LogP contribution is 2.48. The molecule has 0 aliphatic carbocycles. The second-order valence-electron chi connectivity index (χ2n) is 16.3. The number of carbonyl (C=O) groups is 1. The Morgan fingerprint density at radius 1 is 0.930 bits per heavy atom. The van der Waals surface area contributed by atoms with Crippen LogP contribution in [0.3, 0.4) is 0 Å². The molecule has 6 rings (SSSR count). The van der Waals surface area contributed by atoms with E-state index < -0.39 is 10.1 Å². The first-order chi connectivity index (χ1) is 27.2. The van der Waals surface area contributed by atoms with E-state index >= 15 is 0 Å². The smallest absolute Gasteiger partial charge is 0.293 e. The minimum atomic E-state index is -4.03. The molecule has 0 saturated carbocycles. The summed E-state index contributed by atoms with van der Waals surface area (Å²) < 4.78 is 46.3. The summed E-state index contributed by atoms with van der Waals surface area (Å²) in [6.45, 7) is 16.2. The zero-order valence-electron chi connectivity index (χ0n) is 34.3. The van der Waals surface area contributed by atoms with Crippen molar-refractivity contribution in [3.63, 3.8) is 0 Å². The molecule has 3 heterocycles. The van der Waals surface area contributed by atoms with Gasteiger partial charge in [0, 0.05) is 65.2 Å². The number of nitrogens with one attached hydrogen (secondary N) is 1. The SMILES string of the molecule is CCCCC[N+]1=C(/C=C/C2=C(Nc3ccc(CCOC=O)cc3)C(=C/C=C3/N(CCCCS(=O)(=O)O)c4ccc(C)cc4C3(C)C)/OC2)C(C)(C)c2ccccc21. The number of anilines is 2. The van der Waals surface area contributed by atoms with Gasteiger partial charge in [-0.25, -0.2) is 0 Å². The molecule has 0 saturated heterocycles. The number of nitrogens with zero attached hydrogens (tertiary/aromatic N) is 2. The van der Waals surface area contributed by atoms with E-state index in [4.69, 9.17) is 9.47 Å². The lowest BCUT2D eigenvalue weighted by Crippen LogP contribution is -2.28. The number of para-hydroxylation sites is 1. The zero-order chi connectivity index (χ0) is 40.8. The van der Waals surface area contributed by atoms with Gasteiger partial charge in [-0.05, 0) is 87.6 Å². The van der Waals surface area contributed by atoms with Crippen LogP contribution in [-0.2, 0) is 41.6 Å². The number of allylic oxidation sites excluding steroid dienone is 4. The van der Waals surface area contributed by atoms with Gasteiger partial charge in [-0.1, -0.05) is 75.2 Å². The predicted molar refractivity (Wildman–Crippen MR) is 230 cm³/mol. The molecular formula is C47H58N3O6S+. The molecule has 0 amide bonds. The van der Waals surface area contributed by atoms with E-state index in [0.29, 0.717) is 45.5 Å². The Hall–Kier alpha value is -4.93. The van der Waals surface area contributed by atoms with Crippen molar-refractivity contribution >= 4 is 39.4 Å². The molecule has 9 nitrogen and oxygen atoms in total. The predicted octanol–water partition coefficient (Wildman–Crippen LogP) is 9.46. The summed E-state index contributed by atoms with van der Waals surface area (Å²) in [6, 6.07) is 23.4. The highest BCUT2D eigenvalue weighted by molar-refractivity contribution is 7.85. The van der Waals surface area contributed by atoms with Crippen LogP contribution in [-0.4, -0.2) is 61.8 Å². The van der Waals surface area contributed by atoms with Crippen LogP contribution in [0.2, 0.25) is 0 Å². The van der Waals surface area contributed by atoms with Crippen molar-refractivity contribution < 1.29 is 31.8 Å². The molecule has 3 aromatic rings. The molecule has 0 spiro atoms. The maximum Gasteiger partial charge on any atom is 0.293 e. The summed E-state index contributed by atoms with van der Waals surface area (Å²) >= 11 is 0. The molecule has 0 bridgehead atoms. The van der Waals surface area contributed by atoms with Crippen LogP contribution in [0, 0.1) is 6.92 Å². The molecule has 0 atom stereocenters. The highest BCUT2D eigenvalue weighted by Gasteiger charge is 2.44. The lowest BCUT2D eigenvalue weighted by molar-refractivity contribution is -0.438. The van der Waals surface area contributed by atoms with Crippen molar-refractivity contribution in [2.24, 2.45) is 0 Å². The number of hydrogen-bond acceptors (Lipinski definition) is 7. The number of carbonyl (C=O) groups excluding carboxylic acids is 1. The van der Waals surface area contributed by atoms with Crippen LogP contribution in [0.15, 0.2) is 114 Å². The molecule has 0 unspecified atom stereocenters. The van der Waals surface area contributed by atoms with Crippen molar-refractivity contribution in [1.82, 2.24) is 0 Å². The lowest BCUT2D eigenvalue weighted by atomic mass is 9.81. The maximum atomic E-state index is 11.5. The van der Waals surface area contributed by atoms with E-state index in [-0.39, 0.29) is 16.6 Å². The van der Waals surface area contributed by atoms with Gasteiger partial charge in [0.1, 0.15) is 18.9 Å². The molecule has 0 fully saturated rings. The van der Waals surface area contributed by atoms with Gasteiger partial charge in [0.2, 0.25) is 5.69 Å². The molecule has 10 heteroatoms. The average molecular weight is 793 g/mol. The van der Waals surface area contributed by atoms with Gasteiger partial charge in [-0.3, -0.25) is 9.35 Å². The summed E-state index contributed by atoms with van der Waals surface area (Å²) in [5.74, 6) is 0.461. The Kier molecular flexibility index (Phi) is 12.9. The molecule has 3 aromatic carbocycles. The van der Waals surface area contributed by atoms with Gasteiger partial charge >= 0.3 is 0 Å². The third-order valence-electron chi connectivity index (χ3n) is 11.5. The maximum absolute atomic E-state index is 11.5. The van der Waals surface area contributed by atoms with Crippen LogP contribution < -0.4 is 10.2 Å².